The van der Waals surface area contributed by atoms with Crippen molar-refractivity contribution in [3.05, 3.63) is 101 Å². The van der Waals surface area contributed by atoms with Crippen LogP contribution in [0.15, 0.2) is 72.6 Å². The molecule has 0 bridgehead atoms. The van der Waals surface area contributed by atoms with E-state index in [1.54, 1.807) is 18.2 Å². The maximum Gasteiger partial charge on any atom is 0.232 e. The van der Waals surface area contributed by atoms with Crippen molar-refractivity contribution >= 4 is 22.8 Å². The lowest BCUT2D eigenvalue weighted by atomic mass is 10.0. The molecule has 4 aromatic rings. The van der Waals surface area contributed by atoms with E-state index in [1.807, 2.05) is 43.5 Å². The molecule has 1 aromatic heterocycles. The monoisotopic (exact) mass is 427 g/mol. The smallest absolute Gasteiger partial charge is 0.232 e. The number of aromatic nitrogens is 1. The van der Waals surface area contributed by atoms with E-state index < -0.39 is 0 Å². The molecule has 0 fully saturated rings. The Morgan fingerprint density at radius 3 is 2.75 bits per heavy atom. The van der Waals surface area contributed by atoms with Gasteiger partial charge in [-0.1, -0.05) is 30.3 Å². The van der Waals surface area contributed by atoms with E-state index in [-0.39, 0.29) is 18.2 Å². The quantitative estimate of drug-likeness (QED) is 0.351. The number of carbonyl (C=O) groups is 1. The van der Waals surface area contributed by atoms with E-state index in [2.05, 4.69) is 17.6 Å². The van der Waals surface area contributed by atoms with Crippen LogP contribution in [0.25, 0.3) is 17.0 Å². The topological polar surface area (TPSA) is 40.5 Å². The molecule has 0 aliphatic carbocycles. The summed E-state index contributed by atoms with van der Waals surface area (Å²) < 4.78 is 27.4. The van der Waals surface area contributed by atoms with Crippen LogP contribution >= 0.6 is 0 Å². The fourth-order valence-electron chi connectivity index (χ4n) is 4.15. The Balaban J connectivity index is 1.44. The molecule has 0 saturated carbocycles. The Morgan fingerprint density at radius 1 is 1.09 bits per heavy atom. The number of carbonyl (C=O) groups excluding carboxylic acids is 1. The van der Waals surface area contributed by atoms with Crippen molar-refractivity contribution in [2.45, 2.75) is 27.0 Å². The van der Waals surface area contributed by atoms with E-state index in [9.17, 15) is 9.18 Å². The van der Waals surface area contributed by atoms with Gasteiger partial charge in [0.05, 0.1) is 5.56 Å². The van der Waals surface area contributed by atoms with Crippen molar-refractivity contribution in [3.63, 3.8) is 0 Å². The van der Waals surface area contributed by atoms with Crippen LogP contribution in [-0.4, -0.2) is 10.4 Å². The molecule has 160 valence electrons. The third-order valence-electron chi connectivity index (χ3n) is 5.68. The molecule has 2 heterocycles. The minimum absolute atomic E-state index is 0.137. The molecule has 4 nitrogen and oxygen atoms in total. The summed E-state index contributed by atoms with van der Waals surface area (Å²) in [4.78, 5) is 13.1. The molecule has 0 radical (unpaired) electrons. The number of hydrogen-bond acceptors (Lipinski definition) is 3. The zero-order chi connectivity index (χ0) is 22.2. The summed E-state index contributed by atoms with van der Waals surface area (Å²) in [5.74, 6) is 0.910. The molecule has 5 heteroatoms. The van der Waals surface area contributed by atoms with E-state index in [0.29, 0.717) is 22.8 Å². The van der Waals surface area contributed by atoms with Gasteiger partial charge in [-0.05, 0) is 55.3 Å². The highest BCUT2D eigenvalue weighted by molar-refractivity contribution is 6.16. The van der Waals surface area contributed by atoms with Gasteiger partial charge in [0.1, 0.15) is 23.9 Å². The summed E-state index contributed by atoms with van der Waals surface area (Å²) in [6, 6.07) is 17.9. The molecule has 3 aromatic carbocycles. The van der Waals surface area contributed by atoms with Gasteiger partial charge in [0.25, 0.3) is 0 Å². The second kappa shape index (κ2) is 8.00. The fraction of sp³-hybridized carbons (Fsp3) is 0.148. The van der Waals surface area contributed by atoms with Crippen LogP contribution in [0.5, 0.6) is 11.5 Å². The molecule has 0 amide bonds. The lowest BCUT2D eigenvalue weighted by molar-refractivity contribution is 0.101. The zero-order valence-corrected chi connectivity index (χ0v) is 17.9. The van der Waals surface area contributed by atoms with Crippen LogP contribution in [0.1, 0.15) is 34.0 Å². The first-order valence-electron chi connectivity index (χ1n) is 10.6. The number of nitrogens with zero attached hydrogens (tertiary/aromatic N) is 1. The predicted molar refractivity (Wildman–Crippen MR) is 122 cm³/mol. The van der Waals surface area contributed by atoms with Crippen LogP contribution in [0, 0.1) is 12.7 Å². The number of aryl methyl sites for hydroxylation is 2. The Hall–Kier alpha value is -3.86. The number of para-hydroxylation sites is 1. The highest BCUT2D eigenvalue weighted by atomic mass is 19.1. The summed E-state index contributed by atoms with van der Waals surface area (Å²) in [6.07, 6.45) is 3.85. The second-order valence-corrected chi connectivity index (χ2v) is 7.86. The first-order chi connectivity index (χ1) is 15.5. The number of ketones is 1. The number of ether oxygens (including phenoxy) is 2. The highest BCUT2D eigenvalue weighted by Gasteiger charge is 2.30. The van der Waals surface area contributed by atoms with Gasteiger partial charge in [0.15, 0.2) is 5.76 Å². The summed E-state index contributed by atoms with van der Waals surface area (Å²) in [6.45, 7) is 5.01. The molecule has 32 heavy (non-hydrogen) atoms. The maximum absolute atomic E-state index is 13.4. The third-order valence-corrected chi connectivity index (χ3v) is 5.68. The SMILES string of the molecule is CCn1cc(/C=C2\Oc3cc(OCc4cccc(F)c4)cc(C)c3C2=O)c2ccccc21. The molecule has 0 N–H and O–H groups in total. The average Bonchev–Trinajstić information content (AvgIpc) is 3.30. The van der Waals surface area contributed by atoms with Crippen LogP contribution in [0.2, 0.25) is 0 Å². The molecule has 0 spiro atoms. The highest BCUT2D eigenvalue weighted by Crippen LogP contribution is 2.38. The molecular weight excluding hydrogens is 405 g/mol. The van der Waals surface area contributed by atoms with Crippen LogP contribution < -0.4 is 9.47 Å². The minimum Gasteiger partial charge on any atom is -0.489 e. The van der Waals surface area contributed by atoms with Crippen molar-refractivity contribution in [2.75, 3.05) is 0 Å². The van der Waals surface area contributed by atoms with Gasteiger partial charge in [-0.3, -0.25) is 4.79 Å². The lowest BCUT2D eigenvalue weighted by Crippen LogP contribution is -2.00. The van der Waals surface area contributed by atoms with Gasteiger partial charge in [-0.25, -0.2) is 4.39 Å². The van der Waals surface area contributed by atoms with E-state index >= 15 is 0 Å². The normalized spacial score (nSPS) is 14.1. The summed E-state index contributed by atoms with van der Waals surface area (Å²) in [5.41, 5.74) is 4.12. The number of benzene rings is 3. The Labute approximate surface area is 185 Å². The number of allylic oxidation sites excluding steroid dienone is 1. The van der Waals surface area contributed by atoms with Crippen molar-refractivity contribution in [1.82, 2.24) is 4.57 Å². The second-order valence-electron chi connectivity index (χ2n) is 7.86. The van der Waals surface area contributed by atoms with E-state index in [4.69, 9.17) is 9.47 Å². The summed E-state index contributed by atoms with van der Waals surface area (Å²) in [7, 11) is 0. The van der Waals surface area contributed by atoms with Gasteiger partial charge >= 0.3 is 0 Å². The fourth-order valence-corrected chi connectivity index (χ4v) is 4.15. The van der Waals surface area contributed by atoms with Gasteiger partial charge in [-0.2, -0.15) is 0 Å². The van der Waals surface area contributed by atoms with Crippen LogP contribution in [0.3, 0.4) is 0 Å². The minimum atomic E-state index is -0.302. The number of hydrogen-bond donors (Lipinski definition) is 0. The summed E-state index contributed by atoms with van der Waals surface area (Å²) in [5, 5.41) is 1.07. The first kappa shape index (κ1) is 20.1. The number of rotatable bonds is 5. The van der Waals surface area contributed by atoms with Crippen LogP contribution in [-0.2, 0) is 13.2 Å². The van der Waals surface area contributed by atoms with Gasteiger partial charge in [0.2, 0.25) is 5.78 Å². The van der Waals surface area contributed by atoms with Gasteiger partial charge < -0.3 is 14.0 Å². The van der Waals surface area contributed by atoms with Crippen molar-refractivity contribution in [2.24, 2.45) is 0 Å². The lowest BCUT2D eigenvalue weighted by Gasteiger charge is -2.09. The molecule has 0 saturated heterocycles. The molecular formula is C27H22FNO3. The third kappa shape index (κ3) is 3.56. The van der Waals surface area contributed by atoms with Gasteiger partial charge in [0, 0.05) is 35.3 Å². The number of fused-ring (bicyclic) bond motifs is 2. The van der Waals surface area contributed by atoms with E-state index in [0.717, 1.165) is 34.1 Å². The summed E-state index contributed by atoms with van der Waals surface area (Å²) >= 11 is 0. The molecule has 1 aliphatic heterocycles. The number of Topliss-reactive ketones (excluding diaryl/α,β-unsaturated/α-hetero) is 1. The molecule has 0 atom stereocenters. The van der Waals surface area contributed by atoms with Gasteiger partial charge in [-0.15, -0.1) is 0 Å². The number of halogens is 1. The Bertz CT molecular complexity index is 1380. The largest absolute Gasteiger partial charge is 0.489 e. The standard InChI is InChI=1S/C27H22FNO3/c1-3-29-15-19(22-9-4-5-10-23(22)29)13-25-27(30)26-17(2)11-21(14-24(26)32-25)31-16-18-7-6-8-20(28)12-18/h4-15H,3,16H2,1-2H3/b25-13-. The zero-order valence-electron chi connectivity index (χ0n) is 17.9. The van der Waals surface area contributed by atoms with E-state index in [1.165, 1.54) is 12.1 Å². The molecule has 1 aliphatic rings. The Kier molecular flexibility index (Phi) is 5.02. The maximum atomic E-state index is 13.4. The van der Waals surface area contributed by atoms with Crippen molar-refractivity contribution in [1.29, 1.82) is 0 Å². The first-order valence-corrected chi connectivity index (χ1v) is 10.6. The van der Waals surface area contributed by atoms with Crippen molar-refractivity contribution in [3.8, 4) is 11.5 Å². The predicted octanol–water partition coefficient (Wildman–Crippen LogP) is 6.30. The molecule has 5 rings (SSSR count). The average molecular weight is 427 g/mol. The Morgan fingerprint density at radius 2 is 1.94 bits per heavy atom. The van der Waals surface area contributed by atoms with Crippen molar-refractivity contribution < 1.29 is 18.7 Å². The molecule has 0 unspecified atom stereocenters. The van der Waals surface area contributed by atoms with Crippen LogP contribution in [0.4, 0.5) is 4.39 Å².